The Hall–Kier alpha value is -1.46. The first-order chi connectivity index (χ1) is 8.22. The van der Waals surface area contributed by atoms with Crippen molar-refractivity contribution in [1.29, 1.82) is 0 Å². The topological polar surface area (TPSA) is 55.6 Å². The Morgan fingerprint density at radius 1 is 1.53 bits per heavy atom. The molecule has 1 amide bonds. The van der Waals surface area contributed by atoms with E-state index in [4.69, 9.17) is 10.5 Å². The molecule has 0 unspecified atom stereocenters. The van der Waals surface area contributed by atoms with Crippen molar-refractivity contribution in [2.75, 3.05) is 26.2 Å². The highest BCUT2D eigenvalue weighted by atomic mass is 19.1. The van der Waals surface area contributed by atoms with E-state index in [1.807, 2.05) is 0 Å². The molecule has 1 heterocycles. The number of nitrogens with two attached hydrogens (primary N) is 1. The Kier molecular flexibility index (Phi) is 3.71. The van der Waals surface area contributed by atoms with E-state index in [-0.39, 0.29) is 17.6 Å². The Balaban J connectivity index is 2.12. The fraction of sp³-hybridized carbons (Fsp3) is 0.417. The van der Waals surface area contributed by atoms with E-state index < -0.39 is 5.82 Å². The summed E-state index contributed by atoms with van der Waals surface area (Å²) in [6.07, 6.45) is -0.153. The lowest BCUT2D eigenvalue weighted by atomic mass is 10.1. The average molecular weight is 238 g/mol. The molecule has 4 nitrogen and oxygen atoms in total. The van der Waals surface area contributed by atoms with Crippen molar-refractivity contribution in [2.45, 2.75) is 6.10 Å². The smallest absolute Gasteiger partial charge is 0.256 e. The van der Waals surface area contributed by atoms with E-state index in [0.717, 1.165) is 0 Å². The van der Waals surface area contributed by atoms with Gasteiger partial charge in [0, 0.05) is 19.6 Å². The van der Waals surface area contributed by atoms with Crippen LogP contribution >= 0.6 is 0 Å². The zero-order chi connectivity index (χ0) is 12.3. The first kappa shape index (κ1) is 12.0. The van der Waals surface area contributed by atoms with Crippen LogP contribution in [-0.4, -0.2) is 43.2 Å². The number of hydrogen-bond donors (Lipinski definition) is 1. The second-order valence-electron chi connectivity index (χ2n) is 3.96. The lowest BCUT2D eigenvalue weighted by molar-refractivity contribution is -0.0169. The van der Waals surface area contributed by atoms with Gasteiger partial charge in [0.1, 0.15) is 5.82 Å². The molecule has 1 aromatic carbocycles. The van der Waals surface area contributed by atoms with Crippen molar-refractivity contribution < 1.29 is 13.9 Å². The number of amides is 1. The van der Waals surface area contributed by atoms with Crippen molar-refractivity contribution in [2.24, 2.45) is 5.73 Å². The highest BCUT2D eigenvalue weighted by Gasteiger charge is 2.25. The zero-order valence-corrected chi connectivity index (χ0v) is 9.43. The largest absolute Gasteiger partial charge is 0.373 e. The fourth-order valence-corrected chi connectivity index (χ4v) is 1.85. The molecular formula is C12H15FN2O2. The Morgan fingerprint density at radius 2 is 2.29 bits per heavy atom. The molecule has 0 radical (unpaired) electrons. The molecule has 0 saturated carbocycles. The van der Waals surface area contributed by atoms with E-state index in [2.05, 4.69) is 0 Å². The monoisotopic (exact) mass is 238 g/mol. The van der Waals surface area contributed by atoms with Crippen LogP contribution in [0.15, 0.2) is 24.3 Å². The number of carbonyl (C=O) groups is 1. The van der Waals surface area contributed by atoms with Gasteiger partial charge >= 0.3 is 0 Å². The first-order valence-corrected chi connectivity index (χ1v) is 5.58. The lowest BCUT2D eigenvalue weighted by Crippen LogP contribution is -2.48. The maximum atomic E-state index is 13.5. The van der Waals surface area contributed by atoms with Gasteiger partial charge < -0.3 is 15.4 Å². The summed E-state index contributed by atoms with van der Waals surface area (Å²) in [6, 6.07) is 5.99. The van der Waals surface area contributed by atoms with Crippen LogP contribution in [0.4, 0.5) is 4.39 Å². The second-order valence-corrected chi connectivity index (χ2v) is 3.96. The third kappa shape index (κ3) is 2.62. The van der Waals surface area contributed by atoms with E-state index >= 15 is 0 Å². The normalized spacial score (nSPS) is 20.4. The van der Waals surface area contributed by atoms with E-state index in [1.165, 1.54) is 12.1 Å². The molecule has 2 rings (SSSR count). The predicted molar refractivity (Wildman–Crippen MR) is 61.1 cm³/mol. The summed E-state index contributed by atoms with van der Waals surface area (Å²) in [5, 5.41) is 0. The third-order valence-corrected chi connectivity index (χ3v) is 2.79. The minimum absolute atomic E-state index is 0.102. The molecular weight excluding hydrogens is 223 g/mol. The Morgan fingerprint density at radius 3 is 3.00 bits per heavy atom. The maximum Gasteiger partial charge on any atom is 0.256 e. The molecule has 1 atom stereocenters. The van der Waals surface area contributed by atoms with Gasteiger partial charge in [0.25, 0.3) is 5.91 Å². The van der Waals surface area contributed by atoms with Gasteiger partial charge in [-0.2, -0.15) is 0 Å². The molecule has 1 fully saturated rings. The number of nitrogens with zero attached hydrogens (tertiary/aromatic N) is 1. The number of morpholine rings is 1. The van der Waals surface area contributed by atoms with Crippen molar-refractivity contribution in [3.05, 3.63) is 35.6 Å². The third-order valence-electron chi connectivity index (χ3n) is 2.79. The fourth-order valence-electron chi connectivity index (χ4n) is 1.85. The minimum Gasteiger partial charge on any atom is -0.373 e. The van der Waals surface area contributed by atoms with E-state index in [1.54, 1.807) is 17.0 Å². The second kappa shape index (κ2) is 5.25. The van der Waals surface area contributed by atoms with Crippen LogP contribution < -0.4 is 5.73 Å². The van der Waals surface area contributed by atoms with Gasteiger partial charge in [-0.05, 0) is 12.1 Å². The summed E-state index contributed by atoms with van der Waals surface area (Å²) < 4.78 is 18.8. The average Bonchev–Trinajstić information content (AvgIpc) is 2.38. The summed E-state index contributed by atoms with van der Waals surface area (Å²) in [5.41, 5.74) is 5.60. The van der Waals surface area contributed by atoms with Gasteiger partial charge in [-0.25, -0.2) is 4.39 Å². The van der Waals surface area contributed by atoms with Crippen LogP contribution in [-0.2, 0) is 4.74 Å². The van der Waals surface area contributed by atoms with Gasteiger partial charge in [0.2, 0.25) is 0 Å². The zero-order valence-electron chi connectivity index (χ0n) is 9.43. The van der Waals surface area contributed by atoms with Crippen molar-refractivity contribution in [3.63, 3.8) is 0 Å². The van der Waals surface area contributed by atoms with E-state index in [0.29, 0.717) is 26.2 Å². The molecule has 5 heteroatoms. The molecule has 1 aromatic rings. The van der Waals surface area contributed by atoms with Crippen molar-refractivity contribution >= 4 is 5.91 Å². The molecule has 0 spiro atoms. The molecule has 0 aliphatic carbocycles. The van der Waals surface area contributed by atoms with Crippen LogP contribution in [0.2, 0.25) is 0 Å². The molecule has 1 aliphatic rings. The van der Waals surface area contributed by atoms with Crippen molar-refractivity contribution in [1.82, 2.24) is 4.90 Å². The number of carbonyl (C=O) groups excluding carboxylic acids is 1. The summed E-state index contributed by atoms with van der Waals surface area (Å²) in [6.45, 7) is 1.70. The summed E-state index contributed by atoms with van der Waals surface area (Å²) in [4.78, 5) is 13.7. The standard InChI is InChI=1S/C12H15FN2O2/c13-11-4-2-1-3-10(11)12(16)15-5-6-17-9(7-14)8-15/h1-4,9H,5-8,14H2/t9-/m1/s1. The first-order valence-electron chi connectivity index (χ1n) is 5.58. The molecule has 17 heavy (non-hydrogen) atoms. The van der Waals surface area contributed by atoms with Gasteiger partial charge in [0.05, 0.1) is 18.3 Å². The SMILES string of the molecule is NC[C@@H]1CN(C(=O)c2ccccc2F)CCO1. The highest BCUT2D eigenvalue weighted by molar-refractivity contribution is 5.94. The summed E-state index contributed by atoms with van der Waals surface area (Å²) in [7, 11) is 0. The van der Waals surface area contributed by atoms with Crippen LogP contribution in [0, 0.1) is 5.82 Å². The minimum atomic E-state index is -0.492. The Labute approximate surface area is 99.2 Å². The number of rotatable bonds is 2. The molecule has 1 saturated heterocycles. The van der Waals surface area contributed by atoms with Gasteiger partial charge in [-0.3, -0.25) is 4.79 Å². The quantitative estimate of drug-likeness (QED) is 0.822. The molecule has 0 bridgehead atoms. The van der Waals surface area contributed by atoms with Crippen LogP contribution in [0.1, 0.15) is 10.4 Å². The molecule has 0 aromatic heterocycles. The van der Waals surface area contributed by atoms with Crippen LogP contribution in [0.25, 0.3) is 0 Å². The molecule has 2 N–H and O–H groups in total. The van der Waals surface area contributed by atoms with Crippen molar-refractivity contribution in [3.8, 4) is 0 Å². The van der Waals surface area contributed by atoms with Gasteiger partial charge in [0.15, 0.2) is 0 Å². The Bertz CT molecular complexity index is 411. The number of benzene rings is 1. The number of halogens is 1. The molecule has 1 aliphatic heterocycles. The van der Waals surface area contributed by atoms with E-state index in [9.17, 15) is 9.18 Å². The van der Waals surface area contributed by atoms with Crippen LogP contribution in [0.3, 0.4) is 0 Å². The van der Waals surface area contributed by atoms with Gasteiger partial charge in [-0.1, -0.05) is 12.1 Å². The summed E-state index contributed by atoms with van der Waals surface area (Å²) in [5.74, 6) is -0.793. The van der Waals surface area contributed by atoms with Gasteiger partial charge in [-0.15, -0.1) is 0 Å². The number of hydrogen-bond acceptors (Lipinski definition) is 3. The highest BCUT2D eigenvalue weighted by Crippen LogP contribution is 2.13. The number of ether oxygens (including phenoxy) is 1. The van der Waals surface area contributed by atoms with Crippen LogP contribution in [0.5, 0.6) is 0 Å². The predicted octanol–water partition coefficient (Wildman–Crippen LogP) is 0.625. The maximum absolute atomic E-state index is 13.5. The summed E-state index contributed by atoms with van der Waals surface area (Å²) >= 11 is 0. The lowest BCUT2D eigenvalue weighted by Gasteiger charge is -2.32. The molecule has 92 valence electrons.